The molecule has 0 amide bonds. The van der Waals surface area contributed by atoms with Crippen LogP contribution in [0.2, 0.25) is 5.02 Å². The van der Waals surface area contributed by atoms with E-state index in [1.165, 1.54) is 18.2 Å². The molecule has 2 aromatic carbocycles. The SMILES string of the molecule is O=C(O)Oc1ccc2c(c1Cl)C(=O)c1ccccc1C2=O. The lowest BCUT2D eigenvalue weighted by atomic mass is 9.84. The molecule has 6 heteroatoms. The van der Waals surface area contributed by atoms with Crippen LogP contribution in [0.3, 0.4) is 0 Å². The van der Waals surface area contributed by atoms with Crippen LogP contribution in [0.4, 0.5) is 4.79 Å². The molecule has 0 saturated carbocycles. The number of ketones is 2. The van der Waals surface area contributed by atoms with Gasteiger partial charge in [-0.2, -0.15) is 0 Å². The Hall–Kier alpha value is -2.66. The average molecular weight is 303 g/mol. The zero-order valence-corrected chi connectivity index (χ0v) is 11.2. The van der Waals surface area contributed by atoms with Crippen molar-refractivity contribution in [2.24, 2.45) is 0 Å². The molecule has 1 aliphatic rings. The number of carbonyl (C=O) groups is 3. The Morgan fingerprint density at radius 2 is 1.57 bits per heavy atom. The number of rotatable bonds is 1. The van der Waals surface area contributed by atoms with Gasteiger partial charge in [0, 0.05) is 16.7 Å². The third kappa shape index (κ3) is 1.98. The standard InChI is InChI=1S/C15H7ClO5/c16-12-10(21-15(19)20)6-5-9-11(12)14(18)8-4-2-1-3-7(8)13(9)17/h1-6H,(H,19,20). The highest BCUT2D eigenvalue weighted by Crippen LogP contribution is 2.37. The Morgan fingerprint density at radius 1 is 0.952 bits per heavy atom. The molecule has 0 aliphatic heterocycles. The van der Waals surface area contributed by atoms with Crippen molar-refractivity contribution in [3.8, 4) is 5.75 Å². The van der Waals surface area contributed by atoms with E-state index in [1.807, 2.05) is 0 Å². The molecule has 0 aromatic heterocycles. The number of fused-ring (bicyclic) bond motifs is 2. The Morgan fingerprint density at radius 3 is 2.19 bits per heavy atom. The summed E-state index contributed by atoms with van der Waals surface area (Å²) in [4.78, 5) is 35.4. The topological polar surface area (TPSA) is 80.7 Å². The van der Waals surface area contributed by atoms with Crippen molar-refractivity contribution < 1.29 is 24.2 Å². The van der Waals surface area contributed by atoms with Gasteiger partial charge in [-0.05, 0) is 12.1 Å². The Kier molecular flexibility index (Phi) is 2.99. The van der Waals surface area contributed by atoms with Gasteiger partial charge in [-0.25, -0.2) is 4.79 Å². The van der Waals surface area contributed by atoms with Gasteiger partial charge in [0.1, 0.15) is 0 Å². The average Bonchev–Trinajstić information content (AvgIpc) is 2.46. The first kappa shape index (κ1) is 13.3. The summed E-state index contributed by atoms with van der Waals surface area (Å²) >= 11 is 6.04. The van der Waals surface area contributed by atoms with Crippen molar-refractivity contribution in [3.63, 3.8) is 0 Å². The maximum atomic E-state index is 12.5. The second-order valence-corrected chi connectivity index (χ2v) is 4.75. The Balaban J connectivity index is 2.24. The van der Waals surface area contributed by atoms with E-state index in [0.717, 1.165) is 0 Å². The first-order chi connectivity index (χ1) is 10.0. The number of halogens is 1. The Bertz CT molecular complexity index is 810. The van der Waals surface area contributed by atoms with Gasteiger partial charge in [-0.3, -0.25) is 9.59 Å². The number of benzene rings is 2. The quantitative estimate of drug-likeness (QED) is 0.551. The van der Waals surface area contributed by atoms with Crippen molar-refractivity contribution in [1.29, 1.82) is 0 Å². The lowest BCUT2D eigenvalue weighted by Gasteiger charge is -2.19. The van der Waals surface area contributed by atoms with E-state index in [-0.39, 0.29) is 33.2 Å². The van der Waals surface area contributed by atoms with Crippen LogP contribution < -0.4 is 4.74 Å². The highest BCUT2D eigenvalue weighted by Gasteiger charge is 2.32. The van der Waals surface area contributed by atoms with Crippen molar-refractivity contribution in [2.45, 2.75) is 0 Å². The van der Waals surface area contributed by atoms with Gasteiger partial charge >= 0.3 is 6.16 Å². The lowest BCUT2D eigenvalue weighted by molar-refractivity contribution is 0.0978. The Labute approximate surface area is 123 Å². The number of carboxylic acid groups (broad SMARTS) is 1. The van der Waals surface area contributed by atoms with Crippen LogP contribution in [0.25, 0.3) is 0 Å². The van der Waals surface area contributed by atoms with Gasteiger partial charge in [0.05, 0.1) is 10.6 Å². The molecule has 0 saturated heterocycles. The molecule has 0 bridgehead atoms. The van der Waals surface area contributed by atoms with E-state index < -0.39 is 11.9 Å². The highest BCUT2D eigenvalue weighted by atomic mass is 35.5. The molecule has 2 aromatic rings. The molecule has 1 N–H and O–H groups in total. The summed E-state index contributed by atoms with van der Waals surface area (Å²) in [5, 5.41) is 8.46. The molecule has 0 radical (unpaired) electrons. The second-order valence-electron chi connectivity index (χ2n) is 4.37. The van der Waals surface area contributed by atoms with Crippen molar-refractivity contribution >= 4 is 29.3 Å². The molecule has 0 heterocycles. The maximum Gasteiger partial charge on any atom is 0.511 e. The molecule has 0 fully saturated rings. The van der Waals surface area contributed by atoms with E-state index >= 15 is 0 Å². The number of ether oxygens (including phenoxy) is 1. The predicted molar refractivity (Wildman–Crippen MR) is 73.4 cm³/mol. The molecule has 0 unspecified atom stereocenters. The van der Waals surface area contributed by atoms with Gasteiger partial charge in [-0.15, -0.1) is 0 Å². The highest BCUT2D eigenvalue weighted by molar-refractivity contribution is 6.40. The summed E-state index contributed by atoms with van der Waals surface area (Å²) in [6.45, 7) is 0. The summed E-state index contributed by atoms with van der Waals surface area (Å²) < 4.78 is 4.50. The first-order valence-corrected chi connectivity index (χ1v) is 6.30. The maximum absolute atomic E-state index is 12.5. The van der Waals surface area contributed by atoms with E-state index in [1.54, 1.807) is 18.2 Å². The van der Waals surface area contributed by atoms with Crippen LogP contribution in [0.5, 0.6) is 5.75 Å². The molecular formula is C15H7ClO5. The monoisotopic (exact) mass is 302 g/mol. The van der Waals surface area contributed by atoms with Crippen molar-refractivity contribution in [3.05, 3.63) is 63.7 Å². The summed E-state index contributed by atoms with van der Waals surface area (Å²) in [5.41, 5.74) is 0.655. The van der Waals surface area contributed by atoms with Crippen LogP contribution in [0.1, 0.15) is 31.8 Å². The fraction of sp³-hybridized carbons (Fsp3) is 0. The minimum Gasteiger partial charge on any atom is -0.449 e. The van der Waals surface area contributed by atoms with E-state index in [4.69, 9.17) is 16.7 Å². The zero-order chi connectivity index (χ0) is 15.1. The molecule has 0 atom stereocenters. The largest absolute Gasteiger partial charge is 0.511 e. The molecular weight excluding hydrogens is 296 g/mol. The van der Waals surface area contributed by atoms with Gasteiger partial charge in [-0.1, -0.05) is 35.9 Å². The van der Waals surface area contributed by atoms with Crippen LogP contribution in [0.15, 0.2) is 36.4 Å². The smallest absolute Gasteiger partial charge is 0.449 e. The fourth-order valence-corrected chi connectivity index (χ4v) is 2.59. The van der Waals surface area contributed by atoms with Crippen molar-refractivity contribution in [1.82, 2.24) is 0 Å². The second kappa shape index (κ2) is 4.71. The van der Waals surface area contributed by atoms with Gasteiger partial charge in [0.2, 0.25) is 0 Å². The number of hydrogen-bond donors (Lipinski definition) is 1. The van der Waals surface area contributed by atoms with Crippen LogP contribution in [-0.2, 0) is 0 Å². The van der Waals surface area contributed by atoms with Crippen molar-refractivity contribution in [2.75, 3.05) is 0 Å². The summed E-state index contributed by atoms with van der Waals surface area (Å²) in [5.74, 6) is -0.937. The van der Waals surface area contributed by atoms with Gasteiger partial charge in [0.15, 0.2) is 17.3 Å². The van der Waals surface area contributed by atoms with E-state index in [9.17, 15) is 14.4 Å². The lowest BCUT2D eigenvalue weighted by Crippen LogP contribution is -2.21. The van der Waals surface area contributed by atoms with E-state index in [0.29, 0.717) is 5.56 Å². The van der Waals surface area contributed by atoms with E-state index in [2.05, 4.69) is 4.74 Å². The summed E-state index contributed by atoms with van der Waals surface area (Å²) in [7, 11) is 0. The number of carbonyl (C=O) groups excluding carboxylic acids is 2. The third-order valence-corrected chi connectivity index (χ3v) is 3.57. The molecule has 1 aliphatic carbocycles. The predicted octanol–water partition coefficient (Wildman–Crippen LogP) is 3.17. The first-order valence-electron chi connectivity index (χ1n) is 5.92. The van der Waals surface area contributed by atoms with Gasteiger partial charge in [0.25, 0.3) is 0 Å². The van der Waals surface area contributed by atoms with Gasteiger partial charge < -0.3 is 9.84 Å². The fourth-order valence-electron chi connectivity index (χ4n) is 2.30. The zero-order valence-electron chi connectivity index (χ0n) is 10.4. The molecule has 5 nitrogen and oxygen atoms in total. The summed E-state index contributed by atoms with van der Waals surface area (Å²) in [6, 6.07) is 9.00. The number of hydrogen-bond acceptors (Lipinski definition) is 4. The van der Waals surface area contributed by atoms with Crippen LogP contribution in [0, 0.1) is 0 Å². The molecule has 21 heavy (non-hydrogen) atoms. The molecule has 104 valence electrons. The molecule has 3 rings (SSSR count). The minimum atomic E-state index is -1.55. The molecule has 0 spiro atoms. The summed E-state index contributed by atoms with van der Waals surface area (Å²) in [6.07, 6.45) is -1.55. The normalized spacial score (nSPS) is 12.6. The van der Waals surface area contributed by atoms with Crippen LogP contribution in [-0.4, -0.2) is 22.8 Å². The minimum absolute atomic E-state index is 0.0286. The van der Waals surface area contributed by atoms with Crippen LogP contribution >= 0.6 is 11.6 Å². The third-order valence-electron chi connectivity index (χ3n) is 3.19.